The van der Waals surface area contributed by atoms with Gasteiger partial charge in [0.15, 0.2) is 0 Å². The number of benzene rings is 1. The second-order valence-corrected chi connectivity index (χ2v) is 6.77. The third kappa shape index (κ3) is 2.75. The van der Waals surface area contributed by atoms with Crippen LogP contribution in [-0.2, 0) is 4.79 Å². The average molecular weight is 299 g/mol. The molecule has 22 heavy (non-hydrogen) atoms. The number of hydrogen-bond donors (Lipinski definition) is 2. The Balaban J connectivity index is 1.72. The Labute approximate surface area is 131 Å². The summed E-state index contributed by atoms with van der Waals surface area (Å²) in [7, 11) is 0. The van der Waals surface area contributed by atoms with Crippen LogP contribution in [0.2, 0.25) is 0 Å². The van der Waals surface area contributed by atoms with Crippen molar-refractivity contribution < 1.29 is 4.79 Å². The molecular formula is C18H25N3O. The molecule has 1 atom stereocenters. The fourth-order valence-electron chi connectivity index (χ4n) is 3.22. The number of aromatic nitrogens is 1. The first kappa shape index (κ1) is 15.1. The van der Waals surface area contributed by atoms with Gasteiger partial charge in [-0.1, -0.05) is 6.07 Å². The van der Waals surface area contributed by atoms with Gasteiger partial charge in [0.1, 0.15) is 0 Å². The van der Waals surface area contributed by atoms with Gasteiger partial charge in [0.05, 0.1) is 11.6 Å². The van der Waals surface area contributed by atoms with Gasteiger partial charge in [-0.25, -0.2) is 0 Å². The molecule has 0 radical (unpaired) electrons. The Morgan fingerprint density at radius 1 is 1.27 bits per heavy atom. The van der Waals surface area contributed by atoms with Crippen LogP contribution in [-0.4, -0.2) is 34.4 Å². The zero-order valence-corrected chi connectivity index (χ0v) is 13.6. The fourth-order valence-corrected chi connectivity index (χ4v) is 3.22. The minimum Gasteiger partial charge on any atom is -0.361 e. The van der Waals surface area contributed by atoms with E-state index in [4.69, 9.17) is 0 Å². The van der Waals surface area contributed by atoms with Crippen LogP contribution in [0.1, 0.15) is 45.2 Å². The Bertz CT molecular complexity index is 668. The summed E-state index contributed by atoms with van der Waals surface area (Å²) in [4.78, 5) is 18.2. The van der Waals surface area contributed by atoms with E-state index in [0.29, 0.717) is 0 Å². The number of H-pyrrole nitrogens is 1. The van der Waals surface area contributed by atoms with E-state index in [2.05, 4.69) is 39.5 Å². The van der Waals surface area contributed by atoms with E-state index in [1.165, 1.54) is 18.2 Å². The molecule has 0 saturated carbocycles. The Morgan fingerprint density at radius 3 is 2.73 bits per heavy atom. The molecule has 1 fully saturated rings. The van der Waals surface area contributed by atoms with Crippen LogP contribution >= 0.6 is 0 Å². The smallest absolute Gasteiger partial charge is 0.240 e. The molecule has 3 rings (SSSR count). The van der Waals surface area contributed by atoms with E-state index in [1.807, 2.05) is 27.0 Å². The lowest BCUT2D eigenvalue weighted by molar-refractivity contribution is -0.131. The molecule has 1 aliphatic rings. The van der Waals surface area contributed by atoms with Gasteiger partial charge >= 0.3 is 0 Å². The Kier molecular flexibility index (Phi) is 3.96. The molecule has 0 aliphatic carbocycles. The van der Waals surface area contributed by atoms with Crippen LogP contribution in [0.5, 0.6) is 0 Å². The first-order valence-electron chi connectivity index (χ1n) is 8.11. The molecular weight excluding hydrogens is 274 g/mol. The molecule has 1 aromatic heterocycles. The lowest BCUT2D eigenvalue weighted by Crippen LogP contribution is -2.54. The molecule has 1 aliphatic heterocycles. The molecule has 0 bridgehead atoms. The summed E-state index contributed by atoms with van der Waals surface area (Å²) in [6.45, 7) is 8.13. The van der Waals surface area contributed by atoms with Crippen molar-refractivity contribution in [3.63, 3.8) is 0 Å². The first-order chi connectivity index (χ1) is 10.5. The number of aromatic amines is 1. The van der Waals surface area contributed by atoms with Crippen LogP contribution in [0.3, 0.4) is 0 Å². The van der Waals surface area contributed by atoms with Gasteiger partial charge in [-0.2, -0.15) is 0 Å². The van der Waals surface area contributed by atoms with Crippen molar-refractivity contribution in [1.29, 1.82) is 0 Å². The zero-order valence-electron chi connectivity index (χ0n) is 13.6. The predicted octanol–water partition coefficient (Wildman–Crippen LogP) is 3.22. The summed E-state index contributed by atoms with van der Waals surface area (Å²) >= 11 is 0. The third-order valence-corrected chi connectivity index (χ3v) is 4.88. The van der Waals surface area contributed by atoms with Crippen molar-refractivity contribution in [2.24, 2.45) is 0 Å². The SMILES string of the molecule is C[C@@H](NC(=O)C(C)(C)N1CCCC1)c1ccc2[nH]ccc2c1. The lowest BCUT2D eigenvalue weighted by atomic mass is 10.00. The summed E-state index contributed by atoms with van der Waals surface area (Å²) in [6, 6.07) is 8.35. The highest BCUT2D eigenvalue weighted by molar-refractivity contribution is 5.86. The highest BCUT2D eigenvalue weighted by Gasteiger charge is 2.36. The standard InChI is InChI=1S/C18H25N3O/c1-13(14-6-7-16-15(12-14)8-9-19-16)20-17(22)18(2,3)21-10-4-5-11-21/h6-9,12-13,19H,4-5,10-11H2,1-3H3,(H,20,22)/t13-/m1/s1. The second-order valence-electron chi connectivity index (χ2n) is 6.77. The van der Waals surface area contributed by atoms with E-state index in [0.717, 1.165) is 24.2 Å². The molecule has 2 heterocycles. The fraction of sp³-hybridized carbons (Fsp3) is 0.500. The van der Waals surface area contributed by atoms with Crippen molar-refractivity contribution in [3.05, 3.63) is 36.0 Å². The van der Waals surface area contributed by atoms with Gasteiger partial charge in [-0.3, -0.25) is 9.69 Å². The van der Waals surface area contributed by atoms with E-state index >= 15 is 0 Å². The van der Waals surface area contributed by atoms with Crippen molar-refractivity contribution in [1.82, 2.24) is 15.2 Å². The minimum atomic E-state index is -0.442. The van der Waals surface area contributed by atoms with Gasteiger partial charge in [-0.15, -0.1) is 0 Å². The lowest BCUT2D eigenvalue weighted by Gasteiger charge is -2.35. The topological polar surface area (TPSA) is 48.1 Å². The molecule has 0 unspecified atom stereocenters. The minimum absolute atomic E-state index is 0.00804. The van der Waals surface area contributed by atoms with Crippen molar-refractivity contribution >= 4 is 16.8 Å². The molecule has 1 aromatic carbocycles. The van der Waals surface area contributed by atoms with Gasteiger partial charge in [-0.05, 0) is 75.9 Å². The van der Waals surface area contributed by atoms with Gasteiger partial charge < -0.3 is 10.3 Å². The summed E-state index contributed by atoms with van der Waals surface area (Å²) in [5, 5.41) is 4.36. The van der Waals surface area contributed by atoms with Gasteiger partial charge in [0.2, 0.25) is 5.91 Å². The number of nitrogens with one attached hydrogen (secondary N) is 2. The van der Waals surface area contributed by atoms with Crippen LogP contribution in [0, 0.1) is 0 Å². The monoisotopic (exact) mass is 299 g/mol. The van der Waals surface area contributed by atoms with Crippen molar-refractivity contribution in [2.75, 3.05) is 13.1 Å². The number of carbonyl (C=O) groups is 1. The number of hydrogen-bond acceptors (Lipinski definition) is 2. The van der Waals surface area contributed by atoms with Gasteiger partial charge in [0.25, 0.3) is 0 Å². The first-order valence-corrected chi connectivity index (χ1v) is 8.11. The molecule has 1 saturated heterocycles. The number of fused-ring (bicyclic) bond motifs is 1. The van der Waals surface area contributed by atoms with Crippen LogP contribution in [0.15, 0.2) is 30.5 Å². The van der Waals surface area contributed by atoms with Crippen LogP contribution < -0.4 is 5.32 Å². The van der Waals surface area contributed by atoms with E-state index in [-0.39, 0.29) is 11.9 Å². The molecule has 4 heteroatoms. The highest BCUT2D eigenvalue weighted by atomic mass is 16.2. The summed E-state index contributed by atoms with van der Waals surface area (Å²) in [5.41, 5.74) is 1.82. The van der Waals surface area contributed by atoms with E-state index in [1.54, 1.807) is 0 Å². The van der Waals surface area contributed by atoms with E-state index < -0.39 is 5.54 Å². The number of nitrogens with zero attached hydrogens (tertiary/aromatic N) is 1. The normalized spacial score (nSPS) is 17.8. The Hall–Kier alpha value is -1.81. The molecule has 0 spiro atoms. The quantitative estimate of drug-likeness (QED) is 0.910. The van der Waals surface area contributed by atoms with Crippen molar-refractivity contribution in [2.45, 2.75) is 45.2 Å². The number of likely N-dealkylation sites (tertiary alicyclic amines) is 1. The summed E-state index contributed by atoms with van der Waals surface area (Å²) in [5.74, 6) is 0.107. The maximum Gasteiger partial charge on any atom is 0.240 e. The molecule has 2 aromatic rings. The highest BCUT2D eigenvalue weighted by Crippen LogP contribution is 2.24. The van der Waals surface area contributed by atoms with Gasteiger partial charge in [0, 0.05) is 11.7 Å². The summed E-state index contributed by atoms with van der Waals surface area (Å²) < 4.78 is 0. The van der Waals surface area contributed by atoms with Crippen LogP contribution in [0.25, 0.3) is 10.9 Å². The molecule has 1 amide bonds. The maximum absolute atomic E-state index is 12.7. The largest absolute Gasteiger partial charge is 0.361 e. The molecule has 2 N–H and O–H groups in total. The Morgan fingerprint density at radius 2 is 2.00 bits per heavy atom. The number of rotatable bonds is 4. The zero-order chi connectivity index (χ0) is 15.7. The predicted molar refractivity (Wildman–Crippen MR) is 89.7 cm³/mol. The van der Waals surface area contributed by atoms with E-state index in [9.17, 15) is 4.79 Å². The molecule has 4 nitrogen and oxygen atoms in total. The number of carbonyl (C=O) groups excluding carboxylic acids is 1. The molecule has 118 valence electrons. The van der Waals surface area contributed by atoms with Crippen LogP contribution in [0.4, 0.5) is 0 Å². The summed E-state index contributed by atoms with van der Waals surface area (Å²) in [6.07, 6.45) is 4.32. The van der Waals surface area contributed by atoms with Crippen molar-refractivity contribution in [3.8, 4) is 0 Å². The maximum atomic E-state index is 12.7. The average Bonchev–Trinajstić information content (AvgIpc) is 3.17. The third-order valence-electron chi connectivity index (χ3n) is 4.88. The number of amides is 1. The second kappa shape index (κ2) is 5.76.